The first-order chi connectivity index (χ1) is 7.98. The summed E-state index contributed by atoms with van der Waals surface area (Å²) >= 11 is 1.35. The van der Waals surface area contributed by atoms with E-state index in [-0.39, 0.29) is 12.4 Å². The number of anilines is 1. The normalized spacial score (nSPS) is 11.7. The van der Waals surface area contributed by atoms with Crippen LogP contribution in [0.25, 0.3) is 0 Å². The maximum atomic E-state index is 11.7. The summed E-state index contributed by atoms with van der Waals surface area (Å²) in [4.78, 5) is 5.26. The highest BCUT2D eigenvalue weighted by Gasteiger charge is 2.13. The smallest absolute Gasteiger partial charge is 0.234 e. The highest BCUT2D eigenvalue weighted by molar-refractivity contribution is 7.92. The second-order valence-electron chi connectivity index (χ2n) is 3.73. The number of rotatable bonds is 7. The number of sulfonamides is 1. The number of hydrogen-bond acceptors (Lipinski definition) is 5. The third-order valence-electron chi connectivity index (χ3n) is 2.29. The Bertz CT molecular complexity index is 454. The van der Waals surface area contributed by atoms with Crippen molar-refractivity contribution in [3.05, 3.63) is 10.6 Å². The number of thiazole rings is 1. The zero-order chi connectivity index (χ0) is 12.9. The molecule has 7 heteroatoms. The lowest BCUT2D eigenvalue weighted by molar-refractivity contribution is 0.287. The molecule has 1 heterocycles. The molecule has 0 spiro atoms. The Morgan fingerprint density at radius 1 is 1.41 bits per heavy atom. The van der Waals surface area contributed by atoms with Gasteiger partial charge in [-0.2, -0.15) is 0 Å². The number of aromatic nitrogens is 1. The van der Waals surface area contributed by atoms with E-state index in [1.165, 1.54) is 11.3 Å². The van der Waals surface area contributed by atoms with Gasteiger partial charge in [0.05, 0.1) is 11.4 Å². The first-order valence-corrected chi connectivity index (χ1v) is 8.03. The van der Waals surface area contributed by atoms with E-state index in [0.717, 1.165) is 17.0 Å². The van der Waals surface area contributed by atoms with Crippen LogP contribution in [-0.4, -0.2) is 30.9 Å². The highest BCUT2D eigenvalue weighted by Crippen LogP contribution is 2.23. The molecule has 0 aliphatic rings. The monoisotopic (exact) mass is 278 g/mol. The molecule has 2 N–H and O–H groups in total. The van der Waals surface area contributed by atoms with Crippen molar-refractivity contribution in [2.75, 3.05) is 17.1 Å². The predicted molar refractivity (Wildman–Crippen MR) is 70.0 cm³/mol. The summed E-state index contributed by atoms with van der Waals surface area (Å²) in [5.41, 5.74) is 0.933. The Morgan fingerprint density at radius 3 is 2.65 bits per heavy atom. The first-order valence-electron chi connectivity index (χ1n) is 5.56. The van der Waals surface area contributed by atoms with E-state index in [4.69, 9.17) is 5.11 Å². The Kier molecular flexibility index (Phi) is 5.35. The lowest BCUT2D eigenvalue weighted by Crippen LogP contribution is -2.16. The average Bonchev–Trinajstić information content (AvgIpc) is 2.58. The average molecular weight is 278 g/mol. The van der Waals surface area contributed by atoms with E-state index in [0.29, 0.717) is 18.0 Å². The molecular weight excluding hydrogens is 260 g/mol. The third-order valence-corrected chi connectivity index (χ3v) is 4.68. The zero-order valence-electron chi connectivity index (χ0n) is 10.1. The number of aliphatic hydroxyl groups excluding tert-OH is 1. The van der Waals surface area contributed by atoms with Crippen LogP contribution in [-0.2, 0) is 16.4 Å². The van der Waals surface area contributed by atoms with Gasteiger partial charge in [-0.15, -0.1) is 11.3 Å². The number of nitrogens with one attached hydrogen (secondary N) is 1. The maximum Gasteiger partial charge on any atom is 0.234 e. The lowest BCUT2D eigenvalue weighted by Gasteiger charge is -2.03. The molecule has 0 radical (unpaired) electrons. The number of nitrogens with zero attached hydrogens (tertiary/aromatic N) is 1. The Hall–Kier alpha value is -0.660. The Morgan fingerprint density at radius 2 is 2.12 bits per heavy atom. The molecule has 0 bridgehead atoms. The van der Waals surface area contributed by atoms with Crippen LogP contribution in [0.2, 0.25) is 0 Å². The molecule has 98 valence electrons. The van der Waals surface area contributed by atoms with E-state index < -0.39 is 10.0 Å². The summed E-state index contributed by atoms with van der Waals surface area (Å²) in [6.07, 6.45) is 1.75. The molecule has 0 amide bonds. The van der Waals surface area contributed by atoms with Crippen LogP contribution in [0.15, 0.2) is 0 Å². The quantitative estimate of drug-likeness (QED) is 0.741. The van der Waals surface area contributed by atoms with Gasteiger partial charge >= 0.3 is 0 Å². The summed E-state index contributed by atoms with van der Waals surface area (Å²) in [6, 6.07) is 0. The molecule has 0 aliphatic heterocycles. The minimum Gasteiger partial charge on any atom is -0.396 e. The number of aryl methyl sites for hydroxylation is 2. The van der Waals surface area contributed by atoms with Crippen LogP contribution in [0.3, 0.4) is 0 Å². The van der Waals surface area contributed by atoms with Crippen LogP contribution in [0.5, 0.6) is 0 Å². The minimum atomic E-state index is -3.33. The van der Waals surface area contributed by atoms with E-state index in [2.05, 4.69) is 9.71 Å². The van der Waals surface area contributed by atoms with E-state index in [1.807, 2.05) is 13.8 Å². The van der Waals surface area contributed by atoms with Crippen molar-refractivity contribution in [2.45, 2.75) is 33.1 Å². The van der Waals surface area contributed by atoms with Crippen molar-refractivity contribution in [3.8, 4) is 0 Å². The van der Waals surface area contributed by atoms with Crippen molar-refractivity contribution in [2.24, 2.45) is 0 Å². The summed E-state index contributed by atoms with van der Waals surface area (Å²) in [5.74, 6) is 0.0215. The molecule has 1 aromatic heterocycles. The van der Waals surface area contributed by atoms with Crippen molar-refractivity contribution in [1.82, 2.24) is 4.98 Å². The molecular formula is C10H18N2O3S2. The molecule has 17 heavy (non-hydrogen) atoms. The van der Waals surface area contributed by atoms with Crippen LogP contribution < -0.4 is 4.72 Å². The largest absolute Gasteiger partial charge is 0.396 e. The van der Waals surface area contributed by atoms with Gasteiger partial charge in [0.25, 0.3) is 0 Å². The van der Waals surface area contributed by atoms with Gasteiger partial charge in [0.15, 0.2) is 5.13 Å². The fourth-order valence-corrected chi connectivity index (χ4v) is 3.69. The standard InChI is InChI=1S/C10H18N2O3S2/c1-3-9-8(2)16-10(11-9)12-17(14,15)7-5-4-6-13/h13H,3-7H2,1-2H3,(H,11,12). The van der Waals surface area contributed by atoms with Gasteiger partial charge in [0.2, 0.25) is 10.0 Å². The van der Waals surface area contributed by atoms with Crippen LogP contribution in [0.1, 0.15) is 30.3 Å². The minimum absolute atomic E-state index is 0.0197. The van der Waals surface area contributed by atoms with Gasteiger partial charge in [-0.25, -0.2) is 13.4 Å². The number of aliphatic hydroxyl groups is 1. The molecule has 1 aromatic rings. The Balaban J connectivity index is 2.63. The van der Waals surface area contributed by atoms with Crippen molar-refractivity contribution in [1.29, 1.82) is 0 Å². The second kappa shape index (κ2) is 6.32. The summed E-state index contributed by atoms with van der Waals surface area (Å²) < 4.78 is 25.8. The number of hydrogen-bond donors (Lipinski definition) is 2. The molecule has 0 fully saturated rings. The van der Waals surface area contributed by atoms with E-state index >= 15 is 0 Å². The highest BCUT2D eigenvalue weighted by atomic mass is 32.2. The van der Waals surface area contributed by atoms with Crippen LogP contribution in [0, 0.1) is 6.92 Å². The van der Waals surface area contributed by atoms with Crippen molar-refractivity contribution >= 4 is 26.5 Å². The maximum absolute atomic E-state index is 11.7. The van der Waals surface area contributed by atoms with Gasteiger partial charge in [-0.05, 0) is 26.2 Å². The SMILES string of the molecule is CCc1nc(NS(=O)(=O)CCCCO)sc1C. The van der Waals surface area contributed by atoms with E-state index in [1.54, 1.807) is 0 Å². The van der Waals surface area contributed by atoms with Gasteiger partial charge in [-0.1, -0.05) is 6.92 Å². The van der Waals surface area contributed by atoms with E-state index in [9.17, 15) is 8.42 Å². The zero-order valence-corrected chi connectivity index (χ0v) is 11.7. The number of unbranched alkanes of at least 4 members (excludes halogenated alkanes) is 1. The van der Waals surface area contributed by atoms with Crippen molar-refractivity contribution < 1.29 is 13.5 Å². The molecule has 0 saturated heterocycles. The lowest BCUT2D eigenvalue weighted by atomic mass is 10.3. The summed E-state index contributed by atoms with van der Waals surface area (Å²) in [7, 11) is -3.33. The van der Waals surface area contributed by atoms with Crippen molar-refractivity contribution in [3.63, 3.8) is 0 Å². The molecule has 0 aromatic carbocycles. The molecule has 1 rings (SSSR count). The van der Waals surface area contributed by atoms with Gasteiger partial charge in [0, 0.05) is 11.5 Å². The van der Waals surface area contributed by atoms with Gasteiger partial charge < -0.3 is 5.11 Å². The fourth-order valence-electron chi connectivity index (χ4n) is 1.39. The van der Waals surface area contributed by atoms with Crippen LogP contribution in [0.4, 0.5) is 5.13 Å². The first kappa shape index (κ1) is 14.4. The third kappa shape index (κ3) is 4.61. The van der Waals surface area contributed by atoms with Crippen LogP contribution >= 0.6 is 11.3 Å². The molecule has 0 unspecified atom stereocenters. The molecule has 0 aliphatic carbocycles. The van der Waals surface area contributed by atoms with Gasteiger partial charge in [0.1, 0.15) is 0 Å². The molecule has 0 atom stereocenters. The molecule has 5 nitrogen and oxygen atoms in total. The Labute approximate surface area is 106 Å². The second-order valence-corrected chi connectivity index (χ2v) is 6.77. The predicted octanol–water partition coefficient (Wildman–Crippen LogP) is 1.53. The topological polar surface area (TPSA) is 79.3 Å². The molecule has 0 saturated carbocycles. The van der Waals surface area contributed by atoms with Gasteiger partial charge in [-0.3, -0.25) is 4.72 Å². The fraction of sp³-hybridized carbons (Fsp3) is 0.700. The summed E-state index contributed by atoms with van der Waals surface area (Å²) in [6.45, 7) is 3.94. The summed E-state index contributed by atoms with van der Waals surface area (Å²) in [5, 5.41) is 9.03.